The van der Waals surface area contributed by atoms with Crippen molar-refractivity contribution in [3.05, 3.63) is 24.3 Å². The molecule has 0 saturated carbocycles. The van der Waals surface area contributed by atoms with E-state index in [1.54, 1.807) is 7.11 Å². The Kier molecular flexibility index (Phi) is 5.30. The number of para-hydroxylation sites is 2. The Morgan fingerprint density at radius 1 is 1.22 bits per heavy atom. The highest BCUT2D eigenvalue weighted by Gasteiger charge is 2.12. The van der Waals surface area contributed by atoms with Gasteiger partial charge in [0.1, 0.15) is 6.61 Å². The molecule has 4 heteroatoms. The first-order valence-electron chi connectivity index (χ1n) is 6.48. The second kappa shape index (κ2) is 7.24. The molecule has 18 heavy (non-hydrogen) atoms. The van der Waals surface area contributed by atoms with Crippen molar-refractivity contribution in [3.63, 3.8) is 0 Å². The molecule has 2 rings (SSSR count). The molecule has 0 aliphatic carbocycles. The Morgan fingerprint density at radius 3 is 2.78 bits per heavy atom. The summed E-state index contributed by atoms with van der Waals surface area (Å²) in [5.41, 5.74) is 0. The fraction of sp³-hybridized carbons (Fsp3) is 0.571. The molecule has 1 N–H and O–H groups in total. The summed E-state index contributed by atoms with van der Waals surface area (Å²) in [7, 11) is 1.65. The van der Waals surface area contributed by atoms with Crippen molar-refractivity contribution in [2.24, 2.45) is 0 Å². The molecular formula is C14H21NO3. The lowest BCUT2D eigenvalue weighted by molar-refractivity contribution is 0.0201. The molecule has 0 radical (unpaired) electrons. The van der Waals surface area contributed by atoms with Gasteiger partial charge < -0.3 is 19.5 Å². The van der Waals surface area contributed by atoms with Crippen LogP contribution in [-0.4, -0.2) is 39.5 Å². The van der Waals surface area contributed by atoms with Crippen molar-refractivity contribution in [1.29, 1.82) is 0 Å². The fourth-order valence-corrected chi connectivity index (χ4v) is 2.07. The Balaban J connectivity index is 1.68. The fourth-order valence-electron chi connectivity index (χ4n) is 2.07. The Morgan fingerprint density at radius 2 is 2.06 bits per heavy atom. The van der Waals surface area contributed by atoms with Gasteiger partial charge in [0.15, 0.2) is 11.5 Å². The Hall–Kier alpha value is -1.26. The van der Waals surface area contributed by atoms with E-state index in [-0.39, 0.29) is 0 Å². The monoisotopic (exact) mass is 251 g/mol. The summed E-state index contributed by atoms with van der Waals surface area (Å²) in [4.78, 5) is 0. The van der Waals surface area contributed by atoms with Crippen molar-refractivity contribution >= 4 is 0 Å². The van der Waals surface area contributed by atoms with Gasteiger partial charge in [-0.15, -0.1) is 0 Å². The number of piperidine rings is 1. The van der Waals surface area contributed by atoms with Crippen LogP contribution < -0.4 is 14.8 Å². The zero-order valence-electron chi connectivity index (χ0n) is 10.9. The molecular weight excluding hydrogens is 230 g/mol. The minimum absolute atomic E-state index is 0.333. The van der Waals surface area contributed by atoms with Crippen LogP contribution in [0.5, 0.6) is 11.5 Å². The number of ether oxygens (including phenoxy) is 3. The summed E-state index contributed by atoms with van der Waals surface area (Å²) in [5, 5.41) is 3.33. The van der Waals surface area contributed by atoms with Gasteiger partial charge in [-0.2, -0.15) is 0 Å². The number of methoxy groups -OCH3 is 1. The highest BCUT2D eigenvalue weighted by Crippen LogP contribution is 2.25. The molecule has 1 aliphatic rings. The molecule has 100 valence electrons. The minimum Gasteiger partial charge on any atom is -0.493 e. The van der Waals surface area contributed by atoms with Crippen molar-refractivity contribution in [2.75, 3.05) is 33.4 Å². The molecule has 1 saturated heterocycles. The predicted octanol–water partition coefficient (Wildman–Crippen LogP) is 1.84. The number of rotatable bonds is 6. The molecule has 4 nitrogen and oxygen atoms in total. The molecule has 0 bridgehead atoms. The third kappa shape index (κ3) is 3.89. The zero-order valence-corrected chi connectivity index (χ0v) is 10.9. The quantitative estimate of drug-likeness (QED) is 0.783. The second-order valence-electron chi connectivity index (χ2n) is 4.34. The van der Waals surface area contributed by atoms with E-state index in [2.05, 4.69) is 5.32 Å². The van der Waals surface area contributed by atoms with E-state index in [9.17, 15) is 0 Å². The van der Waals surface area contributed by atoms with E-state index >= 15 is 0 Å². The third-order valence-electron chi connectivity index (χ3n) is 3.02. The average molecular weight is 251 g/mol. The number of hydrogen-bond acceptors (Lipinski definition) is 4. The summed E-state index contributed by atoms with van der Waals surface area (Å²) >= 11 is 0. The number of benzene rings is 1. The number of nitrogens with one attached hydrogen (secondary N) is 1. The van der Waals surface area contributed by atoms with E-state index in [4.69, 9.17) is 14.2 Å². The Labute approximate surface area is 108 Å². The summed E-state index contributed by atoms with van der Waals surface area (Å²) in [6.45, 7) is 3.23. The summed E-state index contributed by atoms with van der Waals surface area (Å²) in [6, 6.07) is 7.65. The average Bonchev–Trinajstić information content (AvgIpc) is 2.45. The number of hydrogen-bond donors (Lipinski definition) is 1. The largest absolute Gasteiger partial charge is 0.493 e. The normalized spacial score (nSPS) is 19.5. The zero-order chi connectivity index (χ0) is 12.6. The van der Waals surface area contributed by atoms with Crippen LogP contribution in [0.3, 0.4) is 0 Å². The van der Waals surface area contributed by atoms with Crippen LogP contribution in [0.25, 0.3) is 0 Å². The van der Waals surface area contributed by atoms with Crippen LogP contribution in [0, 0.1) is 0 Å². The summed E-state index contributed by atoms with van der Waals surface area (Å²) in [5.74, 6) is 1.53. The van der Waals surface area contributed by atoms with Gasteiger partial charge in [-0.3, -0.25) is 0 Å². The lowest BCUT2D eigenvalue weighted by Gasteiger charge is -2.23. The Bertz CT molecular complexity index is 351. The molecule has 1 aromatic carbocycles. The van der Waals surface area contributed by atoms with Gasteiger partial charge >= 0.3 is 0 Å². The van der Waals surface area contributed by atoms with Crippen molar-refractivity contribution in [3.8, 4) is 11.5 Å². The molecule has 1 unspecified atom stereocenters. The van der Waals surface area contributed by atoms with Gasteiger partial charge in [-0.05, 0) is 31.5 Å². The van der Waals surface area contributed by atoms with Crippen molar-refractivity contribution < 1.29 is 14.2 Å². The molecule has 1 fully saturated rings. The molecule has 0 amide bonds. The first-order chi connectivity index (χ1) is 8.90. The molecule has 0 aromatic heterocycles. The predicted molar refractivity (Wildman–Crippen MR) is 70.3 cm³/mol. The second-order valence-corrected chi connectivity index (χ2v) is 4.34. The van der Waals surface area contributed by atoms with Gasteiger partial charge in [0.05, 0.1) is 19.8 Å². The van der Waals surface area contributed by atoms with E-state index in [0.717, 1.165) is 31.0 Å². The highest BCUT2D eigenvalue weighted by molar-refractivity contribution is 5.39. The van der Waals surface area contributed by atoms with Crippen LogP contribution in [-0.2, 0) is 4.74 Å². The van der Waals surface area contributed by atoms with Crippen LogP contribution in [0.4, 0.5) is 0 Å². The van der Waals surface area contributed by atoms with Gasteiger partial charge in [0, 0.05) is 6.54 Å². The first kappa shape index (κ1) is 13.2. The maximum Gasteiger partial charge on any atom is 0.161 e. The van der Waals surface area contributed by atoms with Crippen molar-refractivity contribution in [1.82, 2.24) is 5.32 Å². The topological polar surface area (TPSA) is 39.7 Å². The van der Waals surface area contributed by atoms with Gasteiger partial charge in [0.25, 0.3) is 0 Å². The standard InChI is InChI=1S/C14H21NO3/c1-16-13-6-2-3-7-14(13)18-10-9-17-12-5-4-8-15-11-12/h2-3,6-7,12,15H,4-5,8-11H2,1H3. The molecule has 1 aliphatic heterocycles. The third-order valence-corrected chi connectivity index (χ3v) is 3.02. The van der Waals surface area contributed by atoms with E-state index in [0.29, 0.717) is 19.3 Å². The maximum atomic E-state index is 5.75. The highest BCUT2D eigenvalue weighted by atomic mass is 16.5. The molecule has 0 spiro atoms. The van der Waals surface area contributed by atoms with Crippen LogP contribution in [0.2, 0.25) is 0 Å². The maximum absolute atomic E-state index is 5.75. The molecule has 1 aromatic rings. The SMILES string of the molecule is COc1ccccc1OCCOC1CCCNC1. The van der Waals surface area contributed by atoms with E-state index in [1.807, 2.05) is 24.3 Å². The van der Waals surface area contributed by atoms with E-state index < -0.39 is 0 Å². The first-order valence-corrected chi connectivity index (χ1v) is 6.48. The van der Waals surface area contributed by atoms with Crippen LogP contribution in [0.15, 0.2) is 24.3 Å². The van der Waals surface area contributed by atoms with Gasteiger partial charge in [-0.1, -0.05) is 12.1 Å². The van der Waals surface area contributed by atoms with Gasteiger partial charge in [0.2, 0.25) is 0 Å². The van der Waals surface area contributed by atoms with Crippen molar-refractivity contribution in [2.45, 2.75) is 18.9 Å². The lowest BCUT2D eigenvalue weighted by Crippen LogP contribution is -2.36. The van der Waals surface area contributed by atoms with E-state index in [1.165, 1.54) is 6.42 Å². The summed E-state index contributed by atoms with van der Waals surface area (Å²) < 4.78 is 16.6. The van der Waals surface area contributed by atoms with Crippen LogP contribution in [0.1, 0.15) is 12.8 Å². The minimum atomic E-state index is 0.333. The van der Waals surface area contributed by atoms with Crippen LogP contribution >= 0.6 is 0 Å². The molecule has 1 heterocycles. The van der Waals surface area contributed by atoms with Gasteiger partial charge in [-0.25, -0.2) is 0 Å². The summed E-state index contributed by atoms with van der Waals surface area (Å²) in [6.07, 6.45) is 2.67. The molecule has 1 atom stereocenters. The smallest absolute Gasteiger partial charge is 0.161 e. The lowest BCUT2D eigenvalue weighted by atomic mass is 10.1.